The van der Waals surface area contributed by atoms with E-state index in [1.54, 1.807) is 0 Å². The third-order valence-electron chi connectivity index (χ3n) is 2.12. The predicted octanol–water partition coefficient (Wildman–Crippen LogP) is 2.14. The van der Waals surface area contributed by atoms with E-state index in [-0.39, 0.29) is 25.6 Å². The Balaban J connectivity index is 2.48. The molecule has 1 aromatic heterocycles. The maximum absolute atomic E-state index is 12.1. The number of nitrogens with one attached hydrogen (secondary N) is 1. The molecule has 1 aromatic carbocycles. The third kappa shape index (κ3) is 3.15. The molecule has 0 aliphatic heterocycles. The second-order valence-electron chi connectivity index (χ2n) is 3.38. The van der Waals surface area contributed by atoms with Gasteiger partial charge in [0.15, 0.2) is 0 Å². The smallest absolute Gasteiger partial charge is 0.265 e. The fraction of sp³-hybridized carbons (Fsp3) is 0.111. The van der Waals surface area contributed by atoms with Crippen LogP contribution in [-0.4, -0.2) is 23.7 Å². The SMILES string of the molecule is O=S(=O)(Nc1nncs1)c1cc(Cl)cc(CO)c1Cl. The van der Waals surface area contributed by atoms with Crippen molar-refractivity contribution in [1.29, 1.82) is 0 Å². The quantitative estimate of drug-likeness (QED) is 0.890. The summed E-state index contributed by atoms with van der Waals surface area (Å²) in [5, 5.41) is 16.4. The molecule has 2 rings (SSSR count). The van der Waals surface area contributed by atoms with Gasteiger partial charge in [-0.1, -0.05) is 34.5 Å². The summed E-state index contributed by atoms with van der Waals surface area (Å²) < 4.78 is 26.5. The van der Waals surface area contributed by atoms with Gasteiger partial charge in [-0.15, -0.1) is 10.2 Å². The Labute approximate surface area is 123 Å². The normalized spacial score (nSPS) is 11.5. The van der Waals surface area contributed by atoms with Crippen molar-refractivity contribution in [2.45, 2.75) is 11.5 Å². The molecule has 0 aliphatic carbocycles. The van der Waals surface area contributed by atoms with Gasteiger partial charge in [-0.25, -0.2) is 8.42 Å². The summed E-state index contributed by atoms with van der Waals surface area (Å²) >= 11 is 12.8. The number of aliphatic hydroxyl groups excluding tert-OH is 1. The van der Waals surface area contributed by atoms with Crippen LogP contribution in [0.5, 0.6) is 0 Å². The zero-order chi connectivity index (χ0) is 14.0. The van der Waals surface area contributed by atoms with Gasteiger partial charge < -0.3 is 5.11 Å². The molecule has 0 amide bonds. The van der Waals surface area contributed by atoms with Crippen LogP contribution in [0.25, 0.3) is 0 Å². The molecule has 1 heterocycles. The van der Waals surface area contributed by atoms with Crippen LogP contribution in [0.3, 0.4) is 0 Å². The maximum atomic E-state index is 12.1. The highest BCUT2D eigenvalue weighted by atomic mass is 35.5. The predicted molar refractivity (Wildman–Crippen MR) is 73.1 cm³/mol. The minimum Gasteiger partial charge on any atom is -0.392 e. The van der Waals surface area contributed by atoms with Crippen LogP contribution in [-0.2, 0) is 16.6 Å². The Hall–Kier alpha value is -0.930. The van der Waals surface area contributed by atoms with Crippen molar-refractivity contribution in [3.8, 4) is 0 Å². The van der Waals surface area contributed by atoms with Crippen LogP contribution in [0.2, 0.25) is 10.0 Å². The number of aliphatic hydroxyl groups is 1. The molecular formula is C9H7Cl2N3O3S2. The lowest BCUT2D eigenvalue weighted by Gasteiger charge is -2.10. The Morgan fingerprint density at radius 1 is 1.37 bits per heavy atom. The van der Waals surface area contributed by atoms with Gasteiger partial charge in [0.05, 0.1) is 11.6 Å². The summed E-state index contributed by atoms with van der Waals surface area (Å²) in [5.74, 6) is 0. The second kappa shape index (κ2) is 5.59. The van der Waals surface area contributed by atoms with E-state index in [0.717, 1.165) is 11.3 Å². The minimum absolute atomic E-state index is 0.0797. The Morgan fingerprint density at radius 2 is 2.11 bits per heavy atom. The van der Waals surface area contributed by atoms with Gasteiger partial charge in [0, 0.05) is 5.02 Å². The van der Waals surface area contributed by atoms with Crippen molar-refractivity contribution in [1.82, 2.24) is 10.2 Å². The fourth-order valence-corrected chi connectivity index (χ4v) is 3.94. The molecule has 19 heavy (non-hydrogen) atoms. The molecular weight excluding hydrogens is 333 g/mol. The highest BCUT2D eigenvalue weighted by molar-refractivity contribution is 7.93. The molecule has 0 spiro atoms. The lowest BCUT2D eigenvalue weighted by atomic mass is 10.2. The van der Waals surface area contributed by atoms with Gasteiger partial charge in [-0.2, -0.15) is 0 Å². The first kappa shape index (κ1) is 14.5. The van der Waals surface area contributed by atoms with Crippen LogP contribution in [0.1, 0.15) is 5.56 Å². The molecule has 0 atom stereocenters. The maximum Gasteiger partial charge on any atom is 0.265 e. The monoisotopic (exact) mass is 339 g/mol. The first-order valence-electron chi connectivity index (χ1n) is 4.82. The lowest BCUT2D eigenvalue weighted by Crippen LogP contribution is -2.14. The molecule has 0 radical (unpaired) electrons. The van der Waals surface area contributed by atoms with Gasteiger partial charge in [-0.3, -0.25) is 4.72 Å². The van der Waals surface area contributed by atoms with Crippen LogP contribution in [0.4, 0.5) is 5.13 Å². The average Bonchev–Trinajstić information content (AvgIpc) is 2.83. The van der Waals surface area contributed by atoms with E-state index in [1.165, 1.54) is 17.6 Å². The van der Waals surface area contributed by atoms with Crippen molar-refractivity contribution < 1.29 is 13.5 Å². The highest BCUT2D eigenvalue weighted by Gasteiger charge is 2.22. The number of hydrogen-bond acceptors (Lipinski definition) is 6. The fourth-order valence-electron chi connectivity index (χ4n) is 1.32. The van der Waals surface area contributed by atoms with Crippen LogP contribution >= 0.6 is 34.5 Å². The van der Waals surface area contributed by atoms with Crippen LogP contribution in [0, 0.1) is 0 Å². The molecule has 2 aromatic rings. The van der Waals surface area contributed by atoms with Crippen molar-refractivity contribution in [3.05, 3.63) is 33.3 Å². The third-order valence-corrected chi connectivity index (χ3v) is 5.00. The number of hydrogen-bond donors (Lipinski definition) is 2. The average molecular weight is 340 g/mol. The van der Waals surface area contributed by atoms with E-state index < -0.39 is 16.6 Å². The van der Waals surface area contributed by atoms with E-state index in [2.05, 4.69) is 14.9 Å². The summed E-state index contributed by atoms with van der Waals surface area (Å²) in [6, 6.07) is 2.60. The number of nitrogens with zero attached hydrogens (tertiary/aromatic N) is 2. The van der Waals surface area contributed by atoms with Gasteiger partial charge in [0.1, 0.15) is 10.4 Å². The zero-order valence-corrected chi connectivity index (χ0v) is 12.3. The molecule has 0 saturated heterocycles. The zero-order valence-electron chi connectivity index (χ0n) is 9.17. The number of halogens is 2. The van der Waals surface area contributed by atoms with Crippen LogP contribution in [0.15, 0.2) is 22.5 Å². The van der Waals surface area contributed by atoms with Crippen molar-refractivity contribution in [2.75, 3.05) is 4.72 Å². The molecule has 0 unspecified atom stereocenters. The largest absolute Gasteiger partial charge is 0.392 e. The second-order valence-corrected chi connectivity index (χ2v) is 6.68. The van der Waals surface area contributed by atoms with Crippen LogP contribution < -0.4 is 4.72 Å². The number of benzene rings is 1. The van der Waals surface area contributed by atoms with Crippen molar-refractivity contribution >= 4 is 49.7 Å². The number of rotatable bonds is 4. The first-order valence-corrected chi connectivity index (χ1v) is 7.93. The van der Waals surface area contributed by atoms with Gasteiger partial charge in [0.25, 0.3) is 10.0 Å². The summed E-state index contributed by atoms with van der Waals surface area (Å²) in [6.07, 6.45) is 0. The number of sulfonamides is 1. The standard InChI is InChI=1S/C9H7Cl2N3O3S2/c10-6-1-5(3-15)8(11)7(2-6)19(16,17)14-9-13-12-4-18-9/h1-2,4,15H,3H2,(H,13,14). The van der Waals surface area contributed by atoms with E-state index in [0.29, 0.717) is 0 Å². The first-order chi connectivity index (χ1) is 8.94. The van der Waals surface area contributed by atoms with Crippen molar-refractivity contribution in [2.24, 2.45) is 0 Å². The molecule has 0 aliphatic rings. The lowest BCUT2D eigenvalue weighted by molar-refractivity contribution is 0.281. The minimum atomic E-state index is -3.94. The molecule has 10 heteroatoms. The van der Waals surface area contributed by atoms with Gasteiger partial charge in [-0.05, 0) is 17.7 Å². The highest BCUT2D eigenvalue weighted by Crippen LogP contribution is 2.30. The molecule has 0 saturated carbocycles. The topological polar surface area (TPSA) is 92.2 Å². The Bertz CT molecular complexity index is 689. The molecule has 0 bridgehead atoms. The van der Waals surface area contributed by atoms with E-state index in [1.807, 2.05) is 0 Å². The number of aromatic nitrogens is 2. The van der Waals surface area contributed by atoms with E-state index in [9.17, 15) is 8.42 Å². The molecule has 102 valence electrons. The Morgan fingerprint density at radius 3 is 2.68 bits per heavy atom. The number of anilines is 1. The summed E-state index contributed by atoms with van der Waals surface area (Å²) in [4.78, 5) is -0.221. The van der Waals surface area contributed by atoms with E-state index >= 15 is 0 Å². The summed E-state index contributed by atoms with van der Waals surface area (Å²) in [5.41, 5.74) is 1.61. The molecule has 2 N–H and O–H groups in total. The summed E-state index contributed by atoms with van der Waals surface area (Å²) in [7, 11) is -3.94. The Kier molecular flexibility index (Phi) is 4.26. The summed E-state index contributed by atoms with van der Waals surface area (Å²) in [6.45, 7) is -0.416. The molecule has 0 fully saturated rings. The van der Waals surface area contributed by atoms with E-state index in [4.69, 9.17) is 28.3 Å². The van der Waals surface area contributed by atoms with Gasteiger partial charge >= 0.3 is 0 Å². The van der Waals surface area contributed by atoms with Gasteiger partial charge in [0.2, 0.25) is 5.13 Å². The van der Waals surface area contributed by atoms with Crippen molar-refractivity contribution in [3.63, 3.8) is 0 Å². The molecule has 6 nitrogen and oxygen atoms in total.